The van der Waals surface area contributed by atoms with Gasteiger partial charge < -0.3 is 14.8 Å². The lowest BCUT2D eigenvalue weighted by molar-refractivity contribution is -0.146. The smallest absolute Gasteiger partial charge is 0.243 e. The van der Waals surface area contributed by atoms with E-state index in [4.69, 9.17) is 4.98 Å². The number of nitrogens with zero attached hydrogens (tertiary/aromatic N) is 4. The number of nitrogens with one attached hydrogen (secondary N) is 1. The van der Waals surface area contributed by atoms with E-state index in [-0.39, 0.29) is 23.9 Å². The van der Waals surface area contributed by atoms with E-state index >= 15 is 0 Å². The van der Waals surface area contributed by atoms with E-state index in [0.29, 0.717) is 24.7 Å². The monoisotopic (exact) mass is 499 g/mol. The van der Waals surface area contributed by atoms with Crippen LogP contribution in [-0.4, -0.2) is 62.4 Å². The third-order valence-electron chi connectivity index (χ3n) is 8.92. The first-order valence-electron chi connectivity index (χ1n) is 13.8. The number of carbonyl (C=O) groups excluding carboxylic acids is 2. The summed E-state index contributed by atoms with van der Waals surface area (Å²) in [6.45, 7) is 5.32. The van der Waals surface area contributed by atoms with Gasteiger partial charge in [-0.25, -0.2) is 4.98 Å². The molecule has 2 aromatic carbocycles. The van der Waals surface area contributed by atoms with Crippen LogP contribution in [0.15, 0.2) is 54.6 Å². The molecular formula is C30H37N5O2. The average Bonchev–Trinajstić information content (AvgIpc) is 3.31. The maximum absolute atomic E-state index is 13.1. The zero-order valence-electron chi connectivity index (χ0n) is 21.8. The Morgan fingerprint density at radius 3 is 2.35 bits per heavy atom. The molecule has 37 heavy (non-hydrogen) atoms. The molecule has 0 spiro atoms. The number of aryl methyl sites for hydroxylation is 1. The zero-order valence-corrected chi connectivity index (χ0v) is 21.8. The summed E-state index contributed by atoms with van der Waals surface area (Å²) in [7, 11) is 0. The van der Waals surface area contributed by atoms with Crippen molar-refractivity contribution < 1.29 is 9.59 Å². The first-order valence-corrected chi connectivity index (χ1v) is 13.8. The molecule has 7 nitrogen and oxygen atoms in total. The van der Waals surface area contributed by atoms with Crippen molar-refractivity contribution in [2.75, 3.05) is 13.1 Å². The lowest BCUT2D eigenvalue weighted by Gasteiger charge is -2.41. The first kappa shape index (κ1) is 24.2. The maximum atomic E-state index is 13.1. The number of hydrogen-bond donors (Lipinski definition) is 1. The van der Waals surface area contributed by atoms with Crippen molar-refractivity contribution >= 4 is 22.8 Å². The fourth-order valence-corrected chi connectivity index (χ4v) is 7.04. The van der Waals surface area contributed by atoms with Crippen LogP contribution in [-0.2, 0) is 9.59 Å². The van der Waals surface area contributed by atoms with E-state index in [9.17, 15) is 9.59 Å². The number of imidazole rings is 1. The van der Waals surface area contributed by atoms with Gasteiger partial charge in [-0.2, -0.15) is 0 Å². The first-order chi connectivity index (χ1) is 18.0. The normalized spacial score (nSPS) is 26.2. The Hall–Kier alpha value is -3.19. The van der Waals surface area contributed by atoms with Crippen LogP contribution in [0, 0.1) is 6.92 Å². The van der Waals surface area contributed by atoms with Gasteiger partial charge in [-0.3, -0.25) is 14.5 Å². The van der Waals surface area contributed by atoms with Crippen LogP contribution in [0.25, 0.3) is 11.0 Å². The van der Waals surface area contributed by atoms with Gasteiger partial charge in [-0.15, -0.1) is 0 Å². The second-order valence-corrected chi connectivity index (χ2v) is 11.0. The Labute approximate surface area is 218 Å². The van der Waals surface area contributed by atoms with Crippen LogP contribution in [0.3, 0.4) is 0 Å². The van der Waals surface area contributed by atoms with E-state index in [1.165, 1.54) is 18.4 Å². The minimum atomic E-state index is -0.330. The van der Waals surface area contributed by atoms with Crippen molar-refractivity contribution in [3.05, 3.63) is 66.0 Å². The van der Waals surface area contributed by atoms with Crippen molar-refractivity contribution in [2.45, 2.75) is 82.6 Å². The van der Waals surface area contributed by atoms with Gasteiger partial charge in [0.2, 0.25) is 11.8 Å². The molecule has 1 aromatic heterocycles. The molecule has 2 bridgehead atoms. The molecule has 6 rings (SSSR count). The molecule has 3 unspecified atom stereocenters. The quantitative estimate of drug-likeness (QED) is 0.524. The molecule has 3 saturated heterocycles. The van der Waals surface area contributed by atoms with Gasteiger partial charge >= 0.3 is 0 Å². The number of fused-ring (bicyclic) bond motifs is 3. The van der Waals surface area contributed by atoms with Crippen molar-refractivity contribution in [1.29, 1.82) is 0 Å². The van der Waals surface area contributed by atoms with Crippen LogP contribution in [0.2, 0.25) is 0 Å². The predicted octanol–water partition coefficient (Wildman–Crippen LogP) is 4.38. The standard InChI is InChI=1S/C30H37N5O2/c1-20-31-27-10-6-7-11-28(27)35(20)25-18-23-12-13-24(19-25)34(23)16-14-26(22-8-4-3-5-9-22)32-30(37)29-15-17-33(29)21(2)36/h3-11,23-26,29H,12-19H2,1-2H3,(H,32,37)/t23?,24?,25?,26-,29?/m0/s1. The van der Waals surface area contributed by atoms with Crippen LogP contribution >= 0.6 is 0 Å². The molecular weight excluding hydrogens is 462 g/mol. The highest BCUT2D eigenvalue weighted by Crippen LogP contribution is 2.42. The number of rotatable bonds is 7. The SMILES string of the molecule is CC(=O)N1CCC1C(=O)N[C@@H](CCN1C2CCC1CC(n1c(C)nc3ccccc31)C2)c1ccccc1. The molecule has 3 fully saturated rings. The summed E-state index contributed by atoms with van der Waals surface area (Å²) in [5.41, 5.74) is 3.47. The Morgan fingerprint density at radius 1 is 0.973 bits per heavy atom. The molecule has 3 aliphatic rings. The number of hydrogen-bond acceptors (Lipinski definition) is 4. The van der Waals surface area contributed by atoms with Gasteiger partial charge in [0, 0.05) is 38.1 Å². The molecule has 3 aromatic rings. The second-order valence-electron chi connectivity index (χ2n) is 11.0. The summed E-state index contributed by atoms with van der Waals surface area (Å²) in [4.78, 5) is 34.2. The van der Waals surface area contributed by atoms with Crippen LogP contribution < -0.4 is 5.32 Å². The summed E-state index contributed by atoms with van der Waals surface area (Å²) in [6, 6.07) is 20.0. The lowest BCUT2D eigenvalue weighted by Crippen LogP contribution is -2.58. The largest absolute Gasteiger partial charge is 0.347 e. The number of benzene rings is 2. The Balaban J connectivity index is 1.14. The predicted molar refractivity (Wildman–Crippen MR) is 144 cm³/mol. The number of para-hydroxylation sites is 2. The van der Waals surface area contributed by atoms with E-state index in [1.54, 1.807) is 11.8 Å². The minimum absolute atomic E-state index is 0.0250. The minimum Gasteiger partial charge on any atom is -0.347 e. The zero-order chi connectivity index (χ0) is 25.5. The summed E-state index contributed by atoms with van der Waals surface area (Å²) in [6.07, 6.45) is 6.39. The molecule has 3 aliphatic heterocycles. The van der Waals surface area contributed by atoms with Crippen LogP contribution in [0.4, 0.5) is 0 Å². The van der Waals surface area contributed by atoms with Gasteiger partial charge in [0.1, 0.15) is 11.9 Å². The number of piperidine rings is 1. The Morgan fingerprint density at radius 2 is 1.68 bits per heavy atom. The summed E-state index contributed by atoms with van der Waals surface area (Å²) >= 11 is 0. The molecule has 4 heterocycles. The molecule has 0 aliphatic carbocycles. The molecule has 2 amide bonds. The lowest BCUT2D eigenvalue weighted by atomic mass is 9.95. The van der Waals surface area contributed by atoms with Gasteiger partial charge in [0.05, 0.1) is 17.1 Å². The number of likely N-dealkylation sites (tertiary alicyclic amines) is 1. The van der Waals surface area contributed by atoms with E-state index in [1.807, 2.05) is 18.2 Å². The average molecular weight is 500 g/mol. The van der Waals surface area contributed by atoms with Crippen LogP contribution in [0.5, 0.6) is 0 Å². The number of aromatic nitrogens is 2. The van der Waals surface area contributed by atoms with Gasteiger partial charge in [0.15, 0.2) is 0 Å². The highest BCUT2D eigenvalue weighted by molar-refractivity contribution is 5.88. The van der Waals surface area contributed by atoms with E-state index < -0.39 is 0 Å². The van der Waals surface area contributed by atoms with Crippen molar-refractivity contribution in [3.63, 3.8) is 0 Å². The van der Waals surface area contributed by atoms with Crippen molar-refractivity contribution in [1.82, 2.24) is 24.7 Å². The Kier molecular flexibility index (Phi) is 6.49. The van der Waals surface area contributed by atoms with Gasteiger partial charge in [0.25, 0.3) is 0 Å². The van der Waals surface area contributed by atoms with Crippen LogP contribution in [0.1, 0.15) is 68.9 Å². The number of amides is 2. The van der Waals surface area contributed by atoms with Crippen molar-refractivity contribution in [2.24, 2.45) is 0 Å². The van der Waals surface area contributed by atoms with Gasteiger partial charge in [-0.05, 0) is 63.1 Å². The fraction of sp³-hybridized carbons (Fsp3) is 0.500. The third-order valence-corrected chi connectivity index (χ3v) is 8.92. The summed E-state index contributed by atoms with van der Waals surface area (Å²) in [5.74, 6) is 1.06. The number of carbonyl (C=O) groups is 2. The summed E-state index contributed by atoms with van der Waals surface area (Å²) < 4.78 is 2.48. The third kappa shape index (κ3) is 4.54. The second kappa shape index (κ2) is 9.93. The molecule has 0 saturated carbocycles. The highest BCUT2D eigenvalue weighted by atomic mass is 16.2. The van der Waals surface area contributed by atoms with E-state index in [2.05, 4.69) is 58.1 Å². The molecule has 0 radical (unpaired) electrons. The molecule has 1 N–H and O–H groups in total. The molecule has 4 atom stereocenters. The van der Waals surface area contributed by atoms with Gasteiger partial charge in [-0.1, -0.05) is 42.5 Å². The highest BCUT2D eigenvalue weighted by Gasteiger charge is 2.42. The molecule has 7 heteroatoms. The Bertz CT molecular complexity index is 1270. The van der Waals surface area contributed by atoms with Crippen molar-refractivity contribution in [3.8, 4) is 0 Å². The summed E-state index contributed by atoms with van der Waals surface area (Å²) in [5, 5.41) is 3.30. The van der Waals surface area contributed by atoms with E-state index in [0.717, 1.165) is 49.1 Å². The fourth-order valence-electron chi connectivity index (χ4n) is 7.04. The molecule has 194 valence electrons. The maximum Gasteiger partial charge on any atom is 0.243 e. The topological polar surface area (TPSA) is 70.5 Å².